The van der Waals surface area contributed by atoms with Gasteiger partial charge in [0.15, 0.2) is 5.65 Å². The van der Waals surface area contributed by atoms with Crippen LogP contribution in [0.25, 0.3) is 5.65 Å². The lowest BCUT2D eigenvalue weighted by Crippen LogP contribution is -2.36. The Bertz CT molecular complexity index is 925. The van der Waals surface area contributed by atoms with E-state index in [-0.39, 0.29) is 18.4 Å². The molecule has 2 aliphatic rings. The average molecular weight is 342 g/mol. The number of fused-ring (bicyclic) bond motifs is 1. The number of rotatable bonds is 2. The molecule has 2 aromatic heterocycles. The van der Waals surface area contributed by atoms with Crippen molar-refractivity contribution in [1.82, 2.24) is 19.5 Å². The van der Waals surface area contributed by atoms with E-state index in [0.717, 1.165) is 5.57 Å². The third-order valence-corrected chi connectivity index (χ3v) is 4.55. The number of likely N-dealkylation sites (N-methyl/N-ethyl adjacent to an activating group) is 1. The molecular weight excluding hydrogens is 326 g/mol. The normalized spacial score (nSPS) is 23.6. The zero-order valence-electron chi connectivity index (χ0n) is 13.6. The van der Waals surface area contributed by atoms with Gasteiger partial charge in [0.2, 0.25) is 0 Å². The molecule has 0 N–H and O–H groups in total. The number of alkyl halides is 1. The van der Waals surface area contributed by atoms with Gasteiger partial charge in [-0.1, -0.05) is 0 Å². The van der Waals surface area contributed by atoms with E-state index in [1.807, 2.05) is 11.0 Å². The van der Waals surface area contributed by atoms with E-state index < -0.39 is 6.17 Å². The Hall–Kier alpha value is -2.95. The van der Waals surface area contributed by atoms with Gasteiger partial charge in [-0.25, -0.2) is 18.3 Å². The fourth-order valence-electron chi connectivity index (χ4n) is 3.49. The van der Waals surface area contributed by atoms with Crippen LogP contribution in [0.2, 0.25) is 0 Å². The van der Waals surface area contributed by atoms with Crippen LogP contribution in [0.4, 0.5) is 14.6 Å². The summed E-state index contributed by atoms with van der Waals surface area (Å²) in [5.41, 5.74) is 1.61. The second kappa shape index (κ2) is 5.84. The third kappa shape index (κ3) is 2.71. The summed E-state index contributed by atoms with van der Waals surface area (Å²) in [4.78, 5) is 8.08. The molecule has 2 aromatic rings. The molecule has 1 fully saturated rings. The van der Waals surface area contributed by atoms with Gasteiger partial charge in [0, 0.05) is 32.4 Å². The molecule has 0 aromatic carbocycles. The van der Waals surface area contributed by atoms with Crippen molar-refractivity contribution in [3.8, 4) is 6.07 Å². The first-order chi connectivity index (χ1) is 12.0. The maximum atomic E-state index is 14.2. The molecule has 2 aliphatic heterocycles. The van der Waals surface area contributed by atoms with Crippen LogP contribution in [0.3, 0.4) is 0 Å². The van der Waals surface area contributed by atoms with Gasteiger partial charge in [0.25, 0.3) is 0 Å². The molecule has 6 nitrogen and oxygen atoms in total. The molecule has 2 atom stereocenters. The predicted molar refractivity (Wildman–Crippen MR) is 88.3 cm³/mol. The summed E-state index contributed by atoms with van der Waals surface area (Å²) in [7, 11) is 1.79. The monoisotopic (exact) mass is 342 g/mol. The van der Waals surface area contributed by atoms with Crippen LogP contribution in [0.5, 0.6) is 0 Å². The van der Waals surface area contributed by atoms with Crippen LogP contribution in [-0.2, 0) is 0 Å². The van der Waals surface area contributed by atoms with Gasteiger partial charge in [0.1, 0.15) is 29.4 Å². The average Bonchev–Trinajstić information content (AvgIpc) is 3.16. The van der Waals surface area contributed by atoms with E-state index in [1.165, 1.54) is 23.0 Å². The van der Waals surface area contributed by atoms with Crippen molar-refractivity contribution >= 4 is 11.5 Å². The van der Waals surface area contributed by atoms with Crippen molar-refractivity contribution in [2.75, 3.05) is 25.0 Å². The Labute approximate surface area is 143 Å². The highest BCUT2D eigenvalue weighted by atomic mass is 19.1. The Kier molecular flexibility index (Phi) is 3.64. The zero-order valence-corrected chi connectivity index (χ0v) is 13.6. The highest BCUT2D eigenvalue weighted by Crippen LogP contribution is 2.32. The van der Waals surface area contributed by atoms with E-state index in [1.54, 1.807) is 24.2 Å². The first-order valence-corrected chi connectivity index (χ1v) is 7.98. The van der Waals surface area contributed by atoms with E-state index >= 15 is 0 Å². The Morgan fingerprint density at radius 1 is 1.40 bits per heavy atom. The molecule has 0 bridgehead atoms. The molecule has 0 saturated carbocycles. The SMILES string of the molecule is CN1C=C(F)C=C([C@H]2C[C@H](F)CN2c2ccn3ncc(C#N)c3n2)C1. The van der Waals surface area contributed by atoms with Gasteiger partial charge >= 0.3 is 0 Å². The van der Waals surface area contributed by atoms with Crippen molar-refractivity contribution in [2.45, 2.75) is 18.6 Å². The Morgan fingerprint density at radius 3 is 3.00 bits per heavy atom. The highest BCUT2D eigenvalue weighted by Gasteiger charge is 2.36. The van der Waals surface area contributed by atoms with Gasteiger partial charge in [-0.15, -0.1) is 0 Å². The summed E-state index contributed by atoms with van der Waals surface area (Å²) in [5, 5.41) is 13.2. The van der Waals surface area contributed by atoms with Crippen LogP contribution in [0.1, 0.15) is 12.0 Å². The number of nitriles is 1. The molecule has 4 heterocycles. The summed E-state index contributed by atoms with van der Waals surface area (Å²) < 4.78 is 29.5. The fourth-order valence-corrected chi connectivity index (χ4v) is 3.49. The van der Waals surface area contributed by atoms with Crippen molar-refractivity contribution in [2.24, 2.45) is 0 Å². The van der Waals surface area contributed by atoms with Gasteiger partial charge in [-0.05, 0) is 17.7 Å². The smallest absolute Gasteiger partial charge is 0.175 e. The van der Waals surface area contributed by atoms with Gasteiger partial charge in [-0.3, -0.25) is 0 Å². The number of hydrogen-bond donors (Lipinski definition) is 0. The minimum Gasteiger partial charge on any atom is -0.374 e. The third-order valence-electron chi connectivity index (χ3n) is 4.55. The first kappa shape index (κ1) is 15.6. The van der Waals surface area contributed by atoms with Crippen molar-refractivity contribution in [3.63, 3.8) is 0 Å². The van der Waals surface area contributed by atoms with E-state index in [9.17, 15) is 8.78 Å². The molecule has 0 aliphatic carbocycles. The Balaban J connectivity index is 1.73. The van der Waals surface area contributed by atoms with Crippen molar-refractivity contribution in [1.29, 1.82) is 5.26 Å². The van der Waals surface area contributed by atoms with E-state index in [0.29, 0.717) is 30.0 Å². The minimum absolute atomic E-state index is 0.191. The number of anilines is 1. The predicted octanol–water partition coefficient (Wildman–Crippen LogP) is 2.20. The molecule has 0 amide bonds. The summed E-state index contributed by atoms with van der Waals surface area (Å²) in [6, 6.07) is 3.53. The molecule has 0 radical (unpaired) electrons. The summed E-state index contributed by atoms with van der Waals surface area (Å²) in [5.74, 6) is 0.227. The molecule has 0 spiro atoms. The molecule has 4 rings (SSSR count). The van der Waals surface area contributed by atoms with E-state index in [2.05, 4.69) is 10.1 Å². The van der Waals surface area contributed by atoms with Crippen LogP contribution >= 0.6 is 0 Å². The molecule has 8 heteroatoms. The standard InChI is InChI=1S/C17H16F2N6/c1-23-8-11(4-13(18)9-23)15-5-14(19)10-24(15)16-2-3-25-17(22-16)12(6-20)7-21-25/h2-4,7,9,14-15H,5,8,10H2,1H3/t14-,15+/m0/s1. The summed E-state index contributed by atoms with van der Waals surface area (Å²) in [6.45, 7) is 0.732. The molecular formula is C17H16F2N6. The zero-order chi connectivity index (χ0) is 17.6. The topological polar surface area (TPSA) is 60.5 Å². The van der Waals surface area contributed by atoms with Crippen molar-refractivity contribution in [3.05, 3.63) is 47.7 Å². The lowest BCUT2D eigenvalue weighted by molar-refractivity contribution is 0.356. The highest BCUT2D eigenvalue weighted by molar-refractivity contribution is 5.58. The van der Waals surface area contributed by atoms with Crippen LogP contribution in [-0.4, -0.2) is 51.8 Å². The summed E-state index contributed by atoms with van der Waals surface area (Å²) in [6.07, 6.45) is 5.33. The second-order valence-electron chi connectivity index (χ2n) is 6.37. The van der Waals surface area contributed by atoms with Gasteiger partial charge in [-0.2, -0.15) is 10.4 Å². The quantitative estimate of drug-likeness (QED) is 0.837. The number of halogens is 2. The van der Waals surface area contributed by atoms with Crippen LogP contribution in [0, 0.1) is 11.3 Å². The second-order valence-corrected chi connectivity index (χ2v) is 6.37. The number of nitrogens with zero attached hydrogens (tertiary/aromatic N) is 6. The number of hydrogen-bond acceptors (Lipinski definition) is 5. The molecule has 0 unspecified atom stereocenters. The van der Waals surface area contributed by atoms with Crippen molar-refractivity contribution < 1.29 is 8.78 Å². The maximum Gasteiger partial charge on any atom is 0.175 e. The molecule has 128 valence electrons. The number of allylic oxidation sites excluding steroid dienone is 2. The van der Waals surface area contributed by atoms with E-state index in [4.69, 9.17) is 5.26 Å². The number of aromatic nitrogens is 3. The lowest BCUT2D eigenvalue weighted by atomic mass is 10.0. The molecule has 1 saturated heterocycles. The fraction of sp³-hybridized carbons (Fsp3) is 0.353. The summed E-state index contributed by atoms with van der Waals surface area (Å²) >= 11 is 0. The maximum absolute atomic E-state index is 14.2. The first-order valence-electron chi connectivity index (χ1n) is 7.98. The minimum atomic E-state index is -1.01. The van der Waals surface area contributed by atoms with Crippen LogP contribution in [0.15, 0.2) is 42.1 Å². The van der Waals surface area contributed by atoms with Gasteiger partial charge < -0.3 is 9.80 Å². The van der Waals surface area contributed by atoms with Crippen LogP contribution < -0.4 is 4.90 Å². The lowest BCUT2D eigenvalue weighted by Gasteiger charge is -2.31. The molecule has 25 heavy (non-hydrogen) atoms. The van der Waals surface area contributed by atoms with Gasteiger partial charge in [0.05, 0.1) is 18.8 Å². The largest absolute Gasteiger partial charge is 0.374 e. The Morgan fingerprint density at radius 2 is 2.24 bits per heavy atom.